The Labute approximate surface area is 73.2 Å². The van der Waals surface area contributed by atoms with Crippen LogP contribution in [0.1, 0.15) is 26.7 Å². The Morgan fingerprint density at radius 3 is 2.36 bits per heavy atom. The molecule has 0 radical (unpaired) electrons. The van der Waals surface area contributed by atoms with E-state index in [2.05, 4.69) is 19.9 Å². The van der Waals surface area contributed by atoms with Crippen molar-refractivity contribution in [2.75, 3.05) is 6.26 Å². The topological polar surface area (TPSA) is 23.8 Å². The number of rotatable bonds is 2. The van der Waals surface area contributed by atoms with Gasteiger partial charge < -0.3 is 0 Å². The molecule has 0 N–H and O–H groups in total. The zero-order valence-corrected chi connectivity index (χ0v) is 8.24. The molecule has 0 atom stereocenters. The molecular weight excluding hydrogens is 154 g/mol. The van der Waals surface area contributed by atoms with Crippen LogP contribution < -0.4 is 0 Å². The van der Waals surface area contributed by atoms with Gasteiger partial charge in [0.25, 0.3) is 0 Å². The van der Waals surface area contributed by atoms with Crippen molar-refractivity contribution in [1.29, 1.82) is 5.26 Å². The average Bonchev–Trinajstić information content (AvgIpc) is 1.87. The van der Waals surface area contributed by atoms with E-state index in [1.807, 2.05) is 6.26 Å². The minimum atomic E-state index is -0.0189. The van der Waals surface area contributed by atoms with Crippen molar-refractivity contribution in [1.82, 2.24) is 0 Å². The molecule has 0 amide bonds. The molecule has 1 rings (SSSR count). The molecule has 0 heterocycles. The maximum absolute atomic E-state index is 8.87. The molecule has 0 aromatic heterocycles. The third-order valence-electron chi connectivity index (χ3n) is 2.72. The zero-order valence-electron chi connectivity index (χ0n) is 7.42. The lowest BCUT2D eigenvalue weighted by Crippen LogP contribution is -2.41. The van der Waals surface area contributed by atoms with Crippen LogP contribution in [0.15, 0.2) is 0 Å². The van der Waals surface area contributed by atoms with E-state index in [0.717, 1.165) is 24.7 Å². The monoisotopic (exact) mass is 169 g/mol. The molecule has 0 saturated heterocycles. The first-order valence-electron chi connectivity index (χ1n) is 4.10. The summed E-state index contributed by atoms with van der Waals surface area (Å²) in [5.41, 5.74) is 0. The fraction of sp³-hybridized carbons (Fsp3) is 0.889. The largest absolute Gasteiger partial charge is 0.197 e. The molecule has 1 fully saturated rings. The molecule has 0 aliphatic heterocycles. The van der Waals surface area contributed by atoms with Crippen molar-refractivity contribution in [3.8, 4) is 6.07 Å². The number of hydrogen-bond acceptors (Lipinski definition) is 2. The van der Waals surface area contributed by atoms with Gasteiger partial charge in [-0.1, -0.05) is 13.8 Å². The Morgan fingerprint density at radius 1 is 1.55 bits per heavy atom. The Balaban J connectivity index is 2.44. The van der Waals surface area contributed by atoms with Gasteiger partial charge in [0, 0.05) is 0 Å². The third kappa shape index (κ3) is 1.54. The Morgan fingerprint density at radius 2 is 2.09 bits per heavy atom. The molecule has 62 valence electrons. The van der Waals surface area contributed by atoms with Crippen molar-refractivity contribution in [3.05, 3.63) is 0 Å². The molecule has 0 aromatic rings. The quantitative estimate of drug-likeness (QED) is 0.634. The summed E-state index contributed by atoms with van der Waals surface area (Å²) in [6.07, 6.45) is 4.24. The molecule has 11 heavy (non-hydrogen) atoms. The lowest BCUT2D eigenvalue weighted by Gasteiger charge is -2.43. The predicted octanol–water partition coefficient (Wildman–Crippen LogP) is 2.68. The second kappa shape index (κ2) is 3.06. The minimum absolute atomic E-state index is 0.0189. The highest BCUT2D eigenvalue weighted by Crippen LogP contribution is 2.49. The van der Waals surface area contributed by atoms with E-state index >= 15 is 0 Å². The van der Waals surface area contributed by atoms with Gasteiger partial charge in [-0.2, -0.15) is 5.26 Å². The fourth-order valence-corrected chi connectivity index (χ4v) is 2.42. The van der Waals surface area contributed by atoms with Gasteiger partial charge >= 0.3 is 0 Å². The fourth-order valence-electron chi connectivity index (χ4n) is 1.56. The van der Waals surface area contributed by atoms with Crippen molar-refractivity contribution in [3.63, 3.8) is 0 Å². The van der Waals surface area contributed by atoms with Crippen LogP contribution >= 0.6 is 11.8 Å². The lowest BCUT2D eigenvalue weighted by molar-refractivity contribution is 0.207. The first-order chi connectivity index (χ1) is 5.13. The minimum Gasteiger partial charge on any atom is -0.197 e. The predicted molar refractivity (Wildman–Crippen MR) is 49.4 cm³/mol. The smallest absolute Gasteiger partial charge is 0.103 e. The molecule has 1 aliphatic rings. The summed E-state index contributed by atoms with van der Waals surface area (Å²) >= 11 is 1.72. The van der Waals surface area contributed by atoms with Crippen LogP contribution in [0.5, 0.6) is 0 Å². The number of nitrogens with zero attached hydrogens (tertiary/aromatic N) is 1. The summed E-state index contributed by atoms with van der Waals surface area (Å²) in [4.78, 5) is 0. The van der Waals surface area contributed by atoms with Gasteiger partial charge in [-0.25, -0.2) is 0 Å². The summed E-state index contributed by atoms with van der Waals surface area (Å²) in [6, 6.07) is 2.41. The van der Waals surface area contributed by atoms with Crippen LogP contribution in [0, 0.1) is 23.2 Å². The number of hydrogen-bond donors (Lipinski definition) is 0. The second-order valence-electron chi connectivity index (χ2n) is 3.72. The van der Waals surface area contributed by atoms with E-state index in [9.17, 15) is 0 Å². The van der Waals surface area contributed by atoms with Gasteiger partial charge in [0.2, 0.25) is 0 Å². The van der Waals surface area contributed by atoms with Crippen molar-refractivity contribution >= 4 is 11.8 Å². The van der Waals surface area contributed by atoms with Gasteiger partial charge in [-0.15, -0.1) is 11.8 Å². The molecule has 0 bridgehead atoms. The molecule has 1 saturated carbocycles. The summed E-state index contributed by atoms with van der Waals surface area (Å²) in [5.74, 6) is 1.55. The summed E-state index contributed by atoms with van der Waals surface area (Å²) < 4.78 is -0.0189. The second-order valence-corrected chi connectivity index (χ2v) is 4.91. The van der Waals surface area contributed by atoms with Gasteiger partial charge in [0.05, 0.1) is 6.07 Å². The van der Waals surface area contributed by atoms with E-state index in [-0.39, 0.29) is 4.75 Å². The maximum Gasteiger partial charge on any atom is 0.103 e. The molecular formula is C9H15NS. The van der Waals surface area contributed by atoms with E-state index in [4.69, 9.17) is 5.26 Å². The highest BCUT2D eigenvalue weighted by atomic mass is 32.2. The Bertz CT molecular complexity index is 174. The SMILES string of the molecule is CSC1(C#N)CC(C(C)C)C1. The van der Waals surface area contributed by atoms with Crippen LogP contribution in [0.3, 0.4) is 0 Å². The molecule has 0 spiro atoms. The molecule has 2 heteroatoms. The average molecular weight is 169 g/mol. The van der Waals surface area contributed by atoms with Crippen LogP contribution in [0.4, 0.5) is 0 Å². The molecule has 0 unspecified atom stereocenters. The number of thioether (sulfide) groups is 1. The van der Waals surface area contributed by atoms with E-state index < -0.39 is 0 Å². The van der Waals surface area contributed by atoms with Crippen molar-refractivity contribution < 1.29 is 0 Å². The lowest BCUT2D eigenvalue weighted by atomic mass is 9.69. The van der Waals surface area contributed by atoms with E-state index in [0.29, 0.717) is 0 Å². The standard InChI is InChI=1S/C9H15NS/c1-7(2)8-4-9(5-8,6-10)11-3/h7-8H,4-5H2,1-3H3. The van der Waals surface area contributed by atoms with E-state index in [1.54, 1.807) is 11.8 Å². The summed E-state index contributed by atoms with van der Waals surface area (Å²) in [5, 5.41) is 8.87. The summed E-state index contributed by atoms with van der Waals surface area (Å²) in [7, 11) is 0. The molecule has 1 aliphatic carbocycles. The first-order valence-corrected chi connectivity index (χ1v) is 5.32. The maximum atomic E-state index is 8.87. The van der Waals surface area contributed by atoms with Crippen LogP contribution in [0.2, 0.25) is 0 Å². The van der Waals surface area contributed by atoms with Gasteiger partial charge in [-0.3, -0.25) is 0 Å². The van der Waals surface area contributed by atoms with Gasteiger partial charge in [0.1, 0.15) is 4.75 Å². The van der Waals surface area contributed by atoms with Crippen LogP contribution in [0.25, 0.3) is 0 Å². The van der Waals surface area contributed by atoms with Crippen LogP contribution in [-0.4, -0.2) is 11.0 Å². The first kappa shape index (κ1) is 8.93. The van der Waals surface area contributed by atoms with Crippen molar-refractivity contribution in [2.45, 2.75) is 31.4 Å². The highest BCUT2D eigenvalue weighted by Gasteiger charge is 2.44. The van der Waals surface area contributed by atoms with E-state index in [1.165, 1.54) is 0 Å². The Kier molecular flexibility index (Phi) is 2.49. The normalized spacial score (nSPS) is 36.5. The van der Waals surface area contributed by atoms with Gasteiger partial charge in [0.15, 0.2) is 0 Å². The Hall–Kier alpha value is -0.160. The zero-order chi connectivity index (χ0) is 8.48. The third-order valence-corrected chi connectivity index (χ3v) is 3.93. The highest BCUT2D eigenvalue weighted by molar-refractivity contribution is 8.00. The summed E-state index contributed by atoms with van der Waals surface area (Å²) in [6.45, 7) is 4.48. The molecule has 1 nitrogen and oxygen atoms in total. The van der Waals surface area contributed by atoms with Crippen LogP contribution in [-0.2, 0) is 0 Å². The number of nitriles is 1. The molecule has 0 aromatic carbocycles. The van der Waals surface area contributed by atoms with Gasteiger partial charge in [-0.05, 0) is 30.9 Å². The van der Waals surface area contributed by atoms with Crippen molar-refractivity contribution in [2.24, 2.45) is 11.8 Å².